The first-order valence-corrected chi connectivity index (χ1v) is 5.43. The van der Waals surface area contributed by atoms with E-state index in [1.807, 2.05) is 6.92 Å². The van der Waals surface area contributed by atoms with Crippen LogP contribution in [0.25, 0.3) is 0 Å². The van der Waals surface area contributed by atoms with E-state index in [4.69, 9.17) is 10.5 Å². The summed E-state index contributed by atoms with van der Waals surface area (Å²) in [6.07, 6.45) is 3.16. The zero-order valence-electron chi connectivity index (χ0n) is 9.58. The zero-order valence-corrected chi connectivity index (χ0v) is 9.58. The van der Waals surface area contributed by atoms with Gasteiger partial charge in [0.25, 0.3) is 0 Å². The molecule has 0 heterocycles. The summed E-state index contributed by atoms with van der Waals surface area (Å²) in [7, 11) is 0. The summed E-state index contributed by atoms with van der Waals surface area (Å²) >= 11 is 0. The predicted molar refractivity (Wildman–Crippen MR) is 57.9 cm³/mol. The maximum Gasteiger partial charge on any atom is 0.305 e. The van der Waals surface area contributed by atoms with Crippen molar-refractivity contribution in [3.8, 4) is 0 Å². The van der Waals surface area contributed by atoms with Gasteiger partial charge in [-0.15, -0.1) is 0 Å². The Morgan fingerprint density at radius 3 is 2.43 bits per heavy atom. The van der Waals surface area contributed by atoms with Crippen LogP contribution in [0.5, 0.6) is 0 Å². The molecule has 84 valence electrons. The van der Waals surface area contributed by atoms with Crippen LogP contribution in [-0.4, -0.2) is 18.6 Å². The predicted octanol–water partition coefficient (Wildman–Crippen LogP) is 2.09. The van der Waals surface area contributed by atoms with Crippen molar-refractivity contribution >= 4 is 5.97 Å². The van der Waals surface area contributed by atoms with E-state index in [-0.39, 0.29) is 12.0 Å². The first-order chi connectivity index (χ1) is 6.52. The molecule has 2 N–H and O–H groups in total. The second-order valence-corrected chi connectivity index (χ2v) is 4.27. The standard InChI is InChI=1S/C11H23NO2/c1-9(2)7-8-14-11(13)6-4-5-10(3)12/h9-10H,4-8,12H2,1-3H3. The van der Waals surface area contributed by atoms with E-state index in [9.17, 15) is 4.79 Å². The Hall–Kier alpha value is -0.570. The van der Waals surface area contributed by atoms with Crippen LogP contribution in [0.1, 0.15) is 46.5 Å². The SMILES string of the molecule is CC(C)CCOC(=O)CCCC(C)N. The molecule has 0 aliphatic heterocycles. The lowest BCUT2D eigenvalue weighted by molar-refractivity contribution is -0.144. The molecule has 1 unspecified atom stereocenters. The van der Waals surface area contributed by atoms with Gasteiger partial charge in [-0.25, -0.2) is 0 Å². The molecule has 0 aliphatic carbocycles. The second-order valence-electron chi connectivity index (χ2n) is 4.27. The fourth-order valence-corrected chi connectivity index (χ4v) is 1.05. The third kappa shape index (κ3) is 9.52. The molecule has 14 heavy (non-hydrogen) atoms. The lowest BCUT2D eigenvalue weighted by atomic mass is 10.1. The minimum Gasteiger partial charge on any atom is -0.466 e. The lowest BCUT2D eigenvalue weighted by Gasteiger charge is -2.07. The average molecular weight is 201 g/mol. The first-order valence-electron chi connectivity index (χ1n) is 5.43. The van der Waals surface area contributed by atoms with Crippen molar-refractivity contribution in [3.05, 3.63) is 0 Å². The van der Waals surface area contributed by atoms with E-state index < -0.39 is 0 Å². The minimum absolute atomic E-state index is 0.0914. The van der Waals surface area contributed by atoms with Gasteiger partial charge in [0.1, 0.15) is 0 Å². The molecule has 0 saturated carbocycles. The zero-order chi connectivity index (χ0) is 11.0. The number of carbonyl (C=O) groups is 1. The molecule has 0 fully saturated rings. The van der Waals surface area contributed by atoms with Crippen LogP contribution in [0.2, 0.25) is 0 Å². The molecular formula is C11H23NO2. The lowest BCUT2D eigenvalue weighted by Crippen LogP contribution is -2.15. The highest BCUT2D eigenvalue weighted by Gasteiger charge is 2.04. The van der Waals surface area contributed by atoms with Gasteiger partial charge in [0.05, 0.1) is 6.61 Å². The molecule has 0 amide bonds. The summed E-state index contributed by atoms with van der Waals surface area (Å²) < 4.78 is 5.05. The van der Waals surface area contributed by atoms with E-state index in [1.165, 1.54) is 0 Å². The minimum atomic E-state index is -0.0914. The van der Waals surface area contributed by atoms with Crippen molar-refractivity contribution in [2.24, 2.45) is 11.7 Å². The molecule has 0 aromatic rings. The van der Waals surface area contributed by atoms with E-state index in [2.05, 4.69) is 13.8 Å². The molecule has 1 atom stereocenters. The smallest absolute Gasteiger partial charge is 0.305 e. The normalized spacial score (nSPS) is 12.9. The molecule has 0 aromatic carbocycles. The monoisotopic (exact) mass is 201 g/mol. The summed E-state index contributed by atoms with van der Waals surface area (Å²) in [4.78, 5) is 11.1. The number of hydrogen-bond donors (Lipinski definition) is 1. The molecule has 0 saturated heterocycles. The summed E-state index contributed by atoms with van der Waals surface area (Å²) in [6.45, 7) is 6.73. The molecule has 0 bridgehead atoms. The van der Waals surface area contributed by atoms with Crippen LogP contribution < -0.4 is 5.73 Å². The third-order valence-electron chi connectivity index (χ3n) is 2.00. The Morgan fingerprint density at radius 1 is 1.29 bits per heavy atom. The van der Waals surface area contributed by atoms with Crippen LogP contribution in [-0.2, 0) is 9.53 Å². The van der Waals surface area contributed by atoms with Crippen molar-refractivity contribution in [2.75, 3.05) is 6.61 Å². The molecule has 0 aliphatic rings. The van der Waals surface area contributed by atoms with Crippen molar-refractivity contribution < 1.29 is 9.53 Å². The number of ether oxygens (including phenoxy) is 1. The highest BCUT2D eigenvalue weighted by atomic mass is 16.5. The Labute approximate surface area is 87.0 Å². The highest BCUT2D eigenvalue weighted by Crippen LogP contribution is 2.03. The molecule has 0 radical (unpaired) electrons. The van der Waals surface area contributed by atoms with E-state index >= 15 is 0 Å². The third-order valence-corrected chi connectivity index (χ3v) is 2.00. The summed E-state index contributed by atoms with van der Waals surface area (Å²) in [5.41, 5.74) is 5.57. The number of esters is 1. The van der Waals surface area contributed by atoms with Crippen LogP contribution in [0.15, 0.2) is 0 Å². The van der Waals surface area contributed by atoms with E-state index in [1.54, 1.807) is 0 Å². The fourth-order valence-electron chi connectivity index (χ4n) is 1.05. The number of hydrogen-bond acceptors (Lipinski definition) is 3. The fraction of sp³-hybridized carbons (Fsp3) is 0.909. The van der Waals surface area contributed by atoms with Gasteiger partial charge in [-0.2, -0.15) is 0 Å². The molecule has 3 heteroatoms. The average Bonchev–Trinajstić information content (AvgIpc) is 2.02. The van der Waals surface area contributed by atoms with E-state index in [0.29, 0.717) is 18.9 Å². The summed E-state index contributed by atoms with van der Waals surface area (Å²) in [5, 5.41) is 0. The van der Waals surface area contributed by atoms with Gasteiger partial charge < -0.3 is 10.5 Å². The van der Waals surface area contributed by atoms with Crippen molar-refractivity contribution in [1.29, 1.82) is 0 Å². The van der Waals surface area contributed by atoms with Crippen LogP contribution in [0.3, 0.4) is 0 Å². The largest absolute Gasteiger partial charge is 0.466 e. The first kappa shape index (κ1) is 13.4. The molecule has 3 nitrogen and oxygen atoms in total. The maximum atomic E-state index is 11.1. The maximum absolute atomic E-state index is 11.1. The molecule has 0 spiro atoms. The van der Waals surface area contributed by atoms with Crippen LogP contribution in [0.4, 0.5) is 0 Å². The van der Waals surface area contributed by atoms with Gasteiger partial charge in [-0.1, -0.05) is 13.8 Å². The Kier molecular flexibility index (Phi) is 7.48. The van der Waals surface area contributed by atoms with Gasteiger partial charge in [0, 0.05) is 12.5 Å². The molecule has 0 rings (SSSR count). The highest BCUT2D eigenvalue weighted by molar-refractivity contribution is 5.69. The van der Waals surface area contributed by atoms with Gasteiger partial charge >= 0.3 is 5.97 Å². The Morgan fingerprint density at radius 2 is 1.93 bits per heavy atom. The quantitative estimate of drug-likeness (QED) is 0.642. The Balaban J connectivity index is 3.28. The van der Waals surface area contributed by atoms with E-state index in [0.717, 1.165) is 19.3 Å². The van der Waals surface area contributed by atoms with Gasteiger partial charge in [-0.3, -0.25) is 4.79 Å². The van der Waals surface area contributed by atoms with Gasteiger partial charge in [0.2, 0.25) is 0 Å². The Bertz CT molecular complexity index is 139. The number of rotatable bonds is 7. The second kappa shape index (κ2) is 7.80. The van der Waals surface area contributed by atoms with Crippen molar-refractivity contribution in [2.45, 2.75) is 52.5 Å². The molecular weight excluding hydrogens is 178 g/mol. The number of carbonyl (C=O) groups excluding carboxylic acids is 1. The summed E-state index contributed by atoms with van der Waals surface area (Å²) in [6, 6.07) is 0.179. The van der Waals surface area contributed by atoms with Crippen molar-refractivity contribution in [1.82, 2.24) is 0 Å². The molecule has 0 aromatic heterocycles. The van der Waals surface area contributed by atoms with Gasteiger partial charge in [-0.05, 0) is 32.1 Å². The topological polar surface area (TPSA) is 52.3 Å². The van der Waals surface area contributed by atoms with Gasteiger partial charge in [0.15, 0.2) is 0 Å². The summed E-state index contributed by atoms with van der Waals surface area (Å²) in [5.74, 6) is 0.498. The van der Waals surface area contributed by atoms with Crippen LogP contribution in [0, 0.1) is 5.92 Å². The van der Waals surface area contributed by atoms with Crippen LogP contribution >= 0.6 is 0 Å². The number of nitrogens with two attached hydrogens (primary N) is 1. The van der Waals surface area contributed by atoms with Crippen molar-refractivity contribution in [3.63, 3.8) is 0 Å².